The third kappa shape index (κ3) is 2.36. The van der Waals surface area contributed by atoms with E-state index in [0.29, 0.717) is 11.6 Å². The minimum atomic E-state index is -0.0327. The number of aromatic nitrogens is 1. The Hall–Kier alpha value is -1.49. The number of anilines is 2. The highest BCUT2D eigenvalue weighted by atomic mass is 16.5. The summed E-state index contributed by atoms with van der Waals surface area (Å²) >= 11 is 0. The second kappa shape index (κ2) is 5.03. The van der Waals surface area contributed by atoms with E-state index in [9.17, 15) is 0 Å². The molecule has 0 atom stereocenters. The zero-order chi connectivity index (χ0) is 11.4. The van der Waals surface area contributed by atoms with Crippen LogP contribution in [0.5, 0.6) is 5.88 Å². The van der Waals surface area contributed by atoms with Crippen LogP contribution in [0.1, 0.15) is 12.8 Å². The van der Waals surface area contributed by atoms with E-state index in [1.807, 2.05) is 6.07 Å². The van der Waals surface area contributed by atoms with Crippen molar-refractivity contribution in [3.05, 3.63) is 12.1 Å². The van der Waals surface area contributed by atoms with Crippen molar-refractivity contribution in [1.82, 2.24) is 4.98 Å². The first-order chi connectivity index (χ1) is 7.81. The first kappa shape index (κ1) is 11.0. The highest BCUT2D eigenvalue weighted by Crippen LogP contribution is 2.25. The number of nitrogen functional groups attached to an aromatic ring is 1. The van der Waals surface area contributed by atoms with Gasteiger partial charge in [-0.1, -0.05) is 0 Å². The van der Waals surface area contributed by atoms with Crippen LogP contribution in [0.3, 0.4) is 0 Å². The van der Waals surface area contributed by atoms with E-state index in [1.54, 1.807) is 6.07 Å². The highest BCUT2D eigenvalue weighted by molar-refractivity contribution is 5.54. The average Bonchev–Trinajstić information content (AvgIpc) is 2.81. The van der Waals surface area contributed by atoms with Crippen molar-refractivity contribution in [2.45, 2.75) is 12.8 Å². The van der Waals surface area contributed by atoms with Crippen molar-refractivity contribution in [3.63, 3.8) is 0 Å². The van der Waals surface area contributed by atoms with Crippen LogP contribution < -0.4 is 15.4 Å². The summed E-state index contributed by atoms with van der Waals surface area (Å²) in [5.41, 5.74) is 6.25. The van der Waals surface area contributed by atoms with Crippen molar-refractivity contribution < 1.29 is 9.84 Å². The Kier molecular flexibility index (Phi) is 3.46. The SMILES string of the molecule is Nc1ccc(N2CCCC2)nc1OCCO. The summed E-state index contributed by atoms with van der Waals surface area (Å²) in [5, 5.41) is 8.70. The van der Waals surface area contributed by atoms with Gasteiger partial charge in [0.2, 0.25) is 5.88 Å². The monoisotopic (exact) mass is 223 g/mol. The predicted molar refractivity (Wildman–Crippen MR) is 62.7 cm³/mol. The lowest BCUT2D eigenvalue weighted by atomic mass is 10.4. The molecule has 0 saturated carbocycles. The van der Waals surface area contributed by atoms with Gasteiger partial charge in [0.25, 0.3) is 0 Å². The quantitative estimate of drug-likeness (QED) is 0.783. The largest absolute Gasteiger partial charge is 0.474 e. The molecule has 0 aromatic carbocycles. The molecule has 0 spiro atoms. The molecule has 3 N–H and O–H groups in total. The van der Waals surface area contributed by atoms with Gasteiger partial charge in [-0.05, 0) is 25.0 Å². The van der Waals surface area contributed by atoms with Gasteiger partial charge in [-0.25, -0.2) is 0 Å². The van der Waals surface area contributed by atoms with Gasteiger partial charge in [0, 0.05) is 13.1 Å². The molecular weight excluding hydrogens is 206 g/mol. The van der Waals surface area contributed by atoms with Crippen molar-refractivity contribution in [3.8, 4) is 5.88 Å². The Morgan fingerprint density at radius 3 is 2.81 bits per heavy atom. The van der Waals surface area contributed by atoms with Gasteiger partial charge >= 0.3 is 0 Å². The van der Waals surface area contributed by atoms with Crippen LogP contribution in [0, 0.1) is 0 Å². The van der Waals surface area contributed by atoms with E-state index in [2.05, 4.69) is 9.88 Å². The number of ether oxygens (including phenoxy) is 1. The maximum atomic E-state index is 8.70. The van der Waals surface area contributed by atoms with E-state index in [1.165, 1.54) is 12.8 Å². The molecule has 5 heteroatoms. The van der Waals surface area contributed by atoms with Gasteiger partial charge in [0.15, 0.2) is 0 Å². The Morgan fingerprint density at radius 2 is 2.12 bits per heavy atom. The Morgan fingerprint density at radius 1 is 1.38 bits per heavy atom. The molecule has 0 unspecified atom stereocenters. The maximum absolute atomic E-state index is 8.70. The molecule has 0 aliphatic carbocycles. The van der Waals surface area contributed by atoms with Gasteiger partial charge in [0.05, 0.1) is 12.3 Å². The summed E-state index contributed by atoms with van der Waals surface area (Å²) in [5.74, 6) is 1.32. The number of aliphatic hydroxyl groups excluding tert-OH is 1. The molecule has 0 amide bonds. The molecule has 0 bridgehead atoms. The fraction of sp³-hybridized carbons (Fsp3) is 0.545. The Balaban J connectivity index is 2.13. The molecule has 1 saturated heterocycles. The van der Waals surface area contributed by atoms with Gasteiger partial charge < -0.3 is 20.5 Å². The highest BCUT2D eigenvalue weighted by Gasteiger charge is 2.15. The number of hydrogen-bond donors (Lipinski definition) is 2. The summed E-state index contributed by atoms with van der Waals surface area (Å²) in [7, 11) is 0. The average molecular weight is 223 g/mol. The Labute approximate surface area is 94.8 Å². The summed E-state index contributed by atoms with van der Waals surface area (Å²) in [6, 6.07) is 3.71. The molecule has 16 heavy (non-hydrogen) atoms. The first-order valence-corrected chi connectivity index (χ1v) is 5.56. The van der Waals surface area contributed by atoms with Crippen LogP contribution in [0.2, 0.25) is 0 Å². The number of nitrogens with zero attached hydrogens (tertiary/aromatic N) is 2. The number of nitrogens with two attached hydrogens (primary N) is 1. The molecule has 88 valence electrons. The van der Waals surface area contributed by atoms with E-state index >= 15 is 0 Å². The molecule has 1 aliphatic heterocycles. The van der Waals surface area contributed by atoms with Gasteiger partial charge in [-0.3, -0.25) is 0 Å². The minimum absolute atomic E-state index is 0.0327. The normalized spacial score (nSPS) is 15.4. The lowest BCUT2D eigenvalue weighted by Gasteiger charge is -2.17. The summed E-state index contributed by atoms with van der Waals surface area (Å²) in [4.78, 5) is 6.57. The zero-order valence-electron chi connectivity index (χ0n) is 9.22. The van der Waals surface area contributed by atoms with Crippen LogP contribution in [0.25, 0.3) is 0 Å². The number of pyridine rings is 1. The lowest BCUT2D eigenvalue weighted by Crippen LogP contribution is -2.19. The zero-order valence-corrected chi connectivity index (χ0v) is 9.22. The molecule has 1 aromatic rings. The van der Waals surface area contributed by atoms with Crippen molar-refractivity contribution in [2.24, 2.45) is 0 Å². The van der Waals surface area contributed by atoms with Gasteiger partial charge in [0.1, 0.15) is 12.4 Å². The Bertz CT molecular complexity index is 351. The van der Waals surface area contributed by atoms with Crippen LogP contribution in [-0.4, -0.2) is 36.4 Å². The molecule has 5 nitrogen and oxygen atoms in total. The number of rotatable bonds is 4. The van der Waals surface area contributed by atoms with E-state index in [0.717, 1.165) is 18.9 Å². The predicted octanol–water partition coefficient (Wildman–Crippen LogP) is 0.635. The second-order valence-corrected chi connectivity index (χ2v) is 3.83. The van der Waals surface area contributed by atoms with Crippen LogP contribution in [0.4, 0.5) is 11.5 Å². The molecule has 2 rings (SSSR count). The van der Waals surface area contributed by atoms with Crippen molar-refractivity contribution in [2.75, 3.05) is 36.9 Å². The molecule has 2 heterocycles. The smallest absolute Gasteiger partial charge is 0.239 e. The molecule has 0 radical (unpaired) electrons. The fourth-order valence-electron chi connectivity index (χ4n) is 1.82. The van der Waals surface area contributed by atoms with Crippen molar-refractivity contribution in [1.29, 1.82) is 0 Å². The van der Waals surface area contributed by atoms with Gasteiger partial charge in [-0.15, -0.1) is 0 Å². The van der Waals surface area contributed by atoms with Crippen LogP contribution in [-0.2, 0) is 0 Å². The van der Waals surface area contributed by atoms with Gasteiger partial charge in [-0.2, -0.15) is 4.98 Å². The van der Waals surface area contributed by atoms with Crippen molar-refractivity contribution >= 4 is 11.5 Å². The standard InChI is InChI=1S/C11H17N3O2/c12-9-3-4-10(14-5-1-2-6-14)13-11(9)16-8-7-15/h3-4,15H,1-2,5-8,12H2. The summed E-state index contributed by atoms with van der Waals surface area (Å²) in [6.07, 6.45) is 2.41. The third-order valence-corrected chi connectivity index (χ3v) is 2.64. The summed E-state index contributed by atoms with van der Waals surface area (Å²) in [6.45, 7) is 2.27. The van der Waals surface area contributed by atoms with E-state index < -0.39 is 0 Å². The minimum Gasteiger partial charge on any atom is -0.474 e. The summed E-state index contributed by atoms with van der Waals surface area (Å²) < 4.78 is 5.27. The number of aliphatic hydroxyl groups is 1. The molecule has 1 aliphatic rings. The fourth-order valence-corrected chi connectivity index (χ4v) is 1.82. The van der Waals surface area contributed by atoms with E-state index in [-0.39, 0.29) is 13.2 Å². The lowest BCUT2D eigenvalue weighted by molar-refractivity contribution is 0.197. The maximum Gasteiger partial charge on any atom is 0.239 e. The molecular formula is C11H17N3O2. The van der Waals surface area contributed by atoms with Crippen LogP contribution in [0.15, 0.2) is 12.1 Å². The van der Waals surface area contributed by atoms with E-state index in [4.69, 9.17) is 15.6 Å². The number of hydrogen-bond acceptors (Lipinski definition) is 5. The topological polar surface area (TPSA) is 71.6 Å². The first-order valence-electron chi connectivity index (χ1n) is 5.56. The van der Waals surface area contributed by atoms with Crippen LogP contribution >= 0.6 is 0 Å². The third-order valence-electron chi connectivity index (χ3n) is 2.64. The molecule has 1 fully saturated rings. The second-order valence-electron chi connectivity index (χ2n) is 3.83. The molecule has 1 aromatic heterocycles.